The smallest absolute Gasteiger partial charge is 0.128 e. The van der Waals surface area contributed by atoms with Gasteiger partial charge in [0.1, 0.15) is 5.82 Å². The second kappa shape index (κ2) is 3.76. The lowest BCUT2D eigenvalue weighted by Gasteiger charge is -2.17. The third-order valence-corrected chi connectivity index (χ3v) is 3.86. The summed E-state index contributed by atoms with van der Waals surface area (Å²) in [6.45, 7) is 2.59. The van der Waals surface area contributed by atoms with Gasteiger partial charge in [0.25, 0.3) is 0 Å². The summed E-state index contributed by atoms with van der Waals surface area (Å²) >= 11 is 6.06. The van der Waals surface area contributed by atoms with Crippen LogP contribution in [0.3, 0.4) is 0 Å². The van der Waals surface area contributed by atoms with Crippen LogP contribution in [-0.2, 0) is 5.41 Å². The third kappa shape index (κ3) is 1.56. The zero-order valence-electron chi connectivity index (χ0n) is 8.76. The fourth-order valence-corrected chi connectivity index (χ4v) is 2.90. The van der Waals surface area contributed by atoms with Crippen molar-refractivity contribution in [2.75, 3.05) is 6.54 Å². The molecule has 1 aliphatic carbocycles. The Kier molecular flexibility index (Phi) is 2.73. The lowest BCUT2D eigenvalue weighted by atomic mass is 9.92. The summed E-state index contributed by atoms with van der Waals surface area (Å²) in [5.41, 5.74) is 6.21. The standard InChI is InChI=1S/C12H15ClFN/c1-2-8-6-12(8,7-15)11-9(13)4-3-5-10(11)14/h3-5,8H,2,6-7,15H2,1H3. The first-order valence-electron chi connectivity index (χ1n) is 5.30. The van der Waals surface area contributed by atoms with E-state index in [1.807, 2.05) is 0 Å². The molecule has 0 heterocycles. The molecule has 1 saturated carbocycles. The first kappa shape index (κ1) is 10.9. The Hall–Kier alpha value is -0.600. The van der Waals surface area contributed by atoms with Gasteiger partial charge in [-0.1, -0.05) is 31.0 Å². The average molecular weight is 228 g/mol. The Morgan fingerprint density at radius 3 is 2.80 bits per heavy atom. The van der Waals surface area contributed by atoms with Crippen LogP contribution >= 0.6 is 11.6 Å². The maximum Gasteiger partial charge on any atom is 0.128 e. The fraction of sp³-hybridized carbons (Fsp3) is 0.500. The molecule has 2 N–H and O–H groups in total. The predicted octanol–water partition coefficient (Wildman–Crippen LogP) is 3.11. The van der Waals surface area contributed by atoms with E-state index in [4.69, 9.17) is 17.3 Å². The summed E-state index contributed by atoms with van der Waals surface area (Å²) < 4.78 is 13.7. The van der Waals surface area contributed by atoms with Crippen molar-refractivity contribution in [2.45, 2.75) is 25.2 Å². The number of hydrogen-bond acceptors (Lipinski definition) is 1. The largest absolute Gasteiger partial charge is 0.330 e. The van der Waals surface area contributed by atoms with Crippen LogP contribution in [0.25, 0.3) is 0 Å². The SMILES string of the molecule is CCC1CC1(CN)c1c(F)cccc1Cl. The van der Waals surface area contributed by atoms with Gasteiger partial charge in [0, 0.05) is 22.5 Å². The molecule has 0 radical (unpaired) electrons. The molecule has 0 spiro atoms. The lowest BCUT2D eigenvalue weighted by molar-refractivity contribution is 0.539. The van der Waals surface area contributed by atoms with E-state index in [2.05, 4.69) is 6.92 Å². The molecule has 3 heteroatoms. The highest BCUT2D eigenvalue weighted by Crippen LogP contribution is 2.57. The van der Waals surface area contributed by atoms with Gasteiger partial charge in [-0.25, -0.2) is 4.39 Å². The molecule has 0 bridgehead atoms. The van der Waals surface area contributed by atoms with Crippen molar-refractivity contribution in [2.24, 2.45) is 11.7 Å². The van der Waals surface area contributed by atoms with Crippen LogP contribution in [0, 0.1) is 11.7 Å². The zero-order valence-corrected chi connectivity index (χ0v) is 9.52. The van der Waals surface area contributed by atoms with Crippen LogP contribution in [0.4, 0.5) is 4.39 Å². The number of benzene rings is 1. The summed E-state index contributed by atoms with van der Waals surface area (Å²) in [5.74, 6) is 0.265. The second-order valence-electron chi connectivity index (χ2n) is 4.27. The van der Waals surface area contributed by atoms with E-state index in [9.17, 15) is 4.39 Å². The van der Waals surface area contributed by atoms with Crippen molar-refractivity contribution in [3.63, 3.8) is 0 Å². The number of hydrogen-bond donors (Lipinski definition) is 1. The summed E-state index contributed by atoms with van der Waals surface area (Å²) in [6, 6.07) is 4.83. The Morgan fingerprint density at radius 2 is 2.33 bits per heavy atom. The van der Waals surface area contributed by atoms with Gasteiger partial charge in [0.15, 0.2) is 0 Å². The highest BCUT2D eigenvalue weighted by molar-refractivity contribution is 6.31. The van der Waals surface area contributed by atoms with Crippen LogP contribution in [-0.4, -0.2) is 6.54 Å². The molecule has 0 aromatic heterocycles. The summed E-state index contributed by atoms with van der Waals surface area (Å²) in [7, 11) is 0. The van der Waals surface area contributed by atoms with Crippen LogP contribution in [0.5, 0.6) is 0 Å². The van der Waals surface area contributed by atoms with Gasteiger partial charge >= 0.3 is 0 Å². The Morgan fingerprint density at radius 1 is 1.60 bits per heavy atom. The minimum Gasteiger partial charge on any atom is -0.330 e. The minimum absolute atomic E-state index is 0.197. The predicted molar refractivity (Wildman–Crippen MR) is 60.5 cm³/mol. The molecule has 2 rings (SSSR count). The maximum absolute atomic E-state index is 13.7. The highest BCUT2D eigenvalue weighted by Gasteiger charge is 2.55. The van der Waals surface area contributed by atoms with Gasteiger partial charge in [-0.2, -0.15) is 0 Å². The molecule has 2 unspecified atom stereocenters. The number of rotatable bonds is 3. The number of nitrogens with two attached hydrogens (primary N) is 1. The van der Waals surface area contributed by atoms with E-state index in [1.165, 1.54) is 6.07 Å². The van der Waals surface area contributed by atoms with Gasteiger partial charge in [-0.15, -0.1) is 0 Å². The Balaban J connectivity index is 2.45. The summed E-state index contributed by atoms with van der Waals surface area (Å²) in [6.07, 6.45) is 1.99. The molecule has 0 saturated heterocycles. The van der Waals surface area contributed by atoms with Crippen molar-refractivity contribution in [1.29, 1.82) is 0 Å². The normalized spacial score (nSPS) is 29.2. The van der Waals surface area contributed by atoms with Crippen molar-refractivity contribution in [1.82, 2.24) is 0 Å². The first-order valence-corrected chi connectivity index (χ1v) is 5.68. The highest BCUT2D eigenvalue weighted by atomic mass is 35.5. The summed E-state index contributed by atoms with van der Waals surface area (Å²) in [4.78, 5) is 0. The quantitative estimate of drug-likeness (QED) is 0.844. The molecule has 1 aromatic carbocycles. The number of halogens is 2. The first-order chi connectivity index (χ1) is 7.15. The molecule has 1 nitrogen and oxygen atoms in total. The minimum atomic E-state index is -0.219. The van der Waals surface area contributed by atoms with Crippen LogP contribution < -0.4 is 5.73 Å². The maximum atomic E-state index is 13.7. The molecule has 1 aromatic rings. The van der Waals surface area contributed by atoms with Crippen molar-refractivity contribution in [3.05, 3.63) is 34.6 Å². The Labute approximate surface area is 94.4 Å². The third-order valence-electron chi connectivity index (χ3n) is 3.55. The molecule has 1 aliphatic rings. The van der Waals surface area contributed by atoms with Crippen molar-refractivity contribution >= 4 is 11.6 Å². The lowest BCUT2D eigenvalue weighted by Crippen LogP contribution is -2.24. The van der Waals surface area contributed by atoms with Gasteiger partial charge in [-0.3, -0.25) is 0 Å². The average Bonchev–Trinajstić information content (AvgIpc) is 2.93. The van der Waals surface area contributed by atoms with Gasteiger partial charge in [0.05, 0.1) is 0 Å². The fourth-order valence-electron chi connectivity index (χ4n) is 2.55. The molecule has 0 aliphatic heterocycles. The molecule has 0 amide bonds. The molecule has 15 heavy (non-hydrogen) atoms. The van der Waals surface area contributed by atoms with E-state index in [0.717, 1.165) is 12.8 Å². The van der Waals surface area contributed by atoms with Crippen LogP contribution in [0.2, 0.25) is 5.02 Å². The van der Waals surface area contributed by atoms with E-state index in [0.29, 0.717) is 23.0 Å². The zero-order chi connectivity index (χ0) is 11.1. The van der Waals surface area contributed by atoms with Gasteiger partial charge in [0.2, 0.25) is 0 Å². The second-order valence-corrected chi connectivity index (χ2v) is 4.67. The van der Waals surface area contributed by atoms with E-state index >= 15 is 0 Å². The van der Waals surface area contributed by atoms with Gasteiger partial charge in [-0.05, 0) is 24.5 Å². The van der Waals surface area contributed by atoms with Gasteiger partial charge < -0.3 is 5.73 Å². The topological polar surface area (TPSA) is 26.0 Å². The molecular formula is C12H15ClFN. The van der Waals surface area contributed by atoms with Crippen LogP contribution in [0.15, 0.2) is 18.2 Å². The van der Waals surface area contributed by atoms with E-state index in [1.54, 1.807) is 12.1 Å². The molecule has 2 atom stereocenters. The molecule has 82 valence electrons. The van der Waals surface area contributed by atoms with Crippen molar-refractivity contribution in [3.8, 4) is 0 Å². The molecular weight excluding hydrogens is 213 g/mol. The van der Waals surface area contributed by atoms with E-state index in [-0.39, 0.29) is 11.2 Å². The van der Waals surface area contributed by atoms with Crippen LogP contribution in [0.1, 0.15) is 25.3 Å². The van der Waals surface area contributed by atoms with E-state index < -0.39 is 0 Å². The Bertz CT molecular complexity index is 360. The summed E-state index contributed by atoms with van der Waals surface area (Å²) in [5, 5.41) is 0.511. The molecule has 1 fully saturated rings. The monoisotopic (exact) mass is 227 g/mol. The van der Waals surface area contributed by atoms with Crippen molar-refractivity contribution < 1.29 is 4.39 Å².